The minimum Gasteiger partial charge on any atom is -0.352 e. The van der Waals surface area contributed by atoms with E-state index in [1.165, 1.54) is 0 Å². The molecule has 2 aromatic rings. The van der Waals surface area contributed by atoms with Gasteiger partial charge >= 0.3 is 0 Å². The third kappa shape index (κ3) is 3.61. The number of carbonyl (C=O) groups is 1. The molecule has 1 aliphatic carbocycles. The fourth-order valence-corrected chi connectivity index (χ4v) is 2.86. The van der Waals surface area contributed by atoms with Crippen LogP contribution in [-0.2, 0) is 17.9 Å². The Bertz CT molecular complexity index is 784. The zero-order chi connectivity index (χ0) is 17.3. The van der Waals surface area contributed by atoms with Crippen LogP contribution in [0, 0.1) is 29.9 Å². The van der Waals surface area contributed by atoms with Crippen molar-refractivity contribution in [3.63, 3.8) is 0 Å². The van der Waals surface area contributed by atoms with Gasteiger partial charge in [-0.2, -0.15) is 5.10 Å². The second kappa shape index (κ2) is 6.43. The zero-order valence-corrected chi connectivity index (χ0v) is 13.7. The molecule has 1 fully saturated rings. The molecule has 1 saturated carbocycles. The molecule has 7 nitrogen and oxygen atoms in total. The lowest BCUT2D eigenvalue weighted by Crippen LogP contribution is -2.26. The SMILES string of the molecule is Cc1cc(C)n(Cc2cccc(CNC(=O)[C@@H]3C[C@@H]3[N+](=O)[O-])c2)n1. The lowest BCUT2D eigenvalue weighted by molar-refractivity contribution is -0.497. The van der Waals surface area contributed by atoms with Crippen molar-refractivity contribution in [2.24, 2.45) is 5.92 Å². The third-order valence-corrected chi connectivity index (χ3v) is 4.26. The molecule has 0 radical (unpaired) electrons. The maximum Gasteiger partial charge on any atom is 0.230 e. The molecule has 1 aromatic carbocycles. The van der Waals surface area contributed by atoms with Crippen LogP contribution in [0.4, 0.5) is 0 Å². The molecule has 1 aliphatic rings. The summed E-state index contributed by atoms with van der Waals surface area (Å²) >= 11 is 0. The van der Waals surface area contributed by atoms with Crippen LogP contribution < -0.4 is 5.32 Å². The van der Waals surface area contributed by atoms with E-state index in [1.54, 1.807) is 0 Å². The van der Waals surface area contributed by atoms with Gasteiger partial charge in [-0.05, 0) is 31.0 Å². The number of hydrogen-bond donors (Lipinski definition) is 1. The van der Waals surface area contributed by atoms with Crippen LogP contribution in [0.2, 0.25) is 0 Å². The van der Waals surface area contributed by atoms with E-state index in [9.17, 15) is 14.9 Å². The number of nitrogens with zero attached hydrogens (tertiary/aromatic N) is 3. The topological polar surface area (TPSA) is 90.1 Å². The van der Waals surface area contributed by atoms with Crippen molar-refractivity contribution in [2.75, 3.05) is 0 Å². The van der Waals surface area contributed by atoms with Gasteiger partial charge in [0.05, 0.1) is 12.2 Å². The predicted molar refractivity (Wildman–Crippen MR) is 88.0 cm³/mol. The molecule has 0 saturated heterocycles. The molecule has 1 heterocycles. The average molecular weight is 328 g/mol. The molecule has 1 aromatic heterocycles. The van der Waals surface area contributed by atoms with Crippen molar-refractivity contribution in [1.82, 2.24) is 15.1 Å². The van der Waals surface area contributed by atoms with Crippen molar-refractivity contribution in [3.05, 3.63) is 63.0 Å². The zero-order valence-electron chi connectivity index (χ0n) is 13.7. The first-order valence-electron chi connectivity index (χ1n) is 7.94. The third-order valence-electron chi connectivity index (χ3n) is 4.26. The van der Waals surface area contributed by atoms with Crippen molar-refractivity contribution in [1.29, 1.82) is 0 Å². The van der Waals surface area contributed by atoms with E-state index in [-0.39, 0.29) is 10.8 Å². The maximum atomic E-state index is 11.9. The second-order valence-corrected chi connectivity index (χ2v) is 6.32. The van der Waals surface area contributed by atoms with Gasteiger partial charge in [-0.15, -0.1) is 0 Å². The highest BCUT2D eigenvalue weighted by Gasteiger charge is 2.53. The predicted octanol–water partition coefficient (Wildman–Crippen LogP) is 1.83. The van der Waals surface area contributed by atoms with E-state index in [1.807, 2.05) is 48.9 Å². The van der Waals surface area contributed by atoms with Gasteiger partial charge in [0, 0.05) is 23.6 Å². The minimum atomic E-state index is -0.706. The molecular weight excluding hydrogens is 308 g/mol. The van der Waals surface area contributed by atoms with Crippen LogP contribution in [-0.4, -0.2) is 26.7 Å². The van der Waals surface area contributed by atoms with Gasteiger partial charge in [0.25, 0.3) is 0 Å². The fraction of sp³-hybridized carbons (Fsp3) is 0.412. The molecule has 3 rings (SSSR count). The molecule has 7 heteroatoms. The van der Waals surface area contributed by atoms with E-state index >= 15 is 0 Å². The van der Waals surface area contributed by atoms with Crippen molar-refractivity contribution < 1.29 is 9.72 Å². The standard InChI is InChI=1S/C17H20N4O3/c1-11-6-12(2)20(19-11)10-14-5-3-4-13(7-14)9-18-17(22)15-8-16(15)21(23)24/h3-7,15-16H,8-10H2,1-2H3,(H,18,22)/t15-,16+/m1/s1. The lowest BCUT2D eigenvalue weighted by atomic mass is 10.1. The summed E-state index contributed by atoms with van der Waals surface area (Å²) in [4.78, 5) is 22.1. The van der Waals surface area contributed by atoms with Crippen LogP contribution in [0.15, 0.2) is 30.3 Å². The Hall–Kier alpha value is -2.70. The van der Waals surface area contributed by atoms with Crippen molar-refractivity contribution in [3.8, 4) is 0 Å². The smallest absolute Gasteiger partial charge is 0.230 e. The number of amides is 1. The van der Waals surface area contributed by atoms with Crippen molar-refractivity contribution in [2.45, 2.75) is 39.4 Å². The Morgan fingerprint density at radius 1 is 1.38 bits per heavy atom. The highest BCUT2D eigenvalue weighted by atomic mass is 16.6. The number of benzene rings is 1. The molecule has 0 spiro atoms. The summed E-state index contributed by atoms with van der Waals surface area (Å²) in [6.45, 7) is 5.04. The van der Waals surface area contributed by atoms with Gasteiger partial charge in [0.2, 0.25) is 11.9 Å². The first-order valence-corrected chi connectivity index (χ1v) is 7.94. The van der Waals surface area contributed by atoms with E-state index in [0.29, 0.717) is 19.5 Å². The van der Waals surface area contributed by atoms with Gasteiger partial charge in [0.15, 0.2) is 0 Å². The van der Waals surface area contributed by atoms with E-state index in [0.717, 1.165) is 22.5 Å². The highest BCUT2D eigenvalue weighted by Crippen LogP contribution is 2.33. The Balaban J connectivity index is 1.58. The number of carbonyl (C=O) groups excluding carboxylic acids is 1. The van der Waals surface area contributed by atoms with Gasteiger partial charge in [-0.1, -0.05) is 24.3 Å². The average Bonchev–Trinajstić information content (AvgIpc) is 3.27. The quantitative estimate of drug-likeness (QED) is 0.647. The molecular formula is C17H20N4O3. The summed E-state index contributed by atoms with van der Waals surface area (Å²) in [5.41, 5.74) is 4.16. The van der Waals surface area contributed by atoms with Crippen LogP contribution in [0.25, 0.3) is 0 Å². The van der Waals surface area contributed by atoms with Gasteiger partial charge in [-0.25, -0.2) is 0 Å². The second-order valence-electron chi connectivity index (χ2n) is 6.32. The van der Waals surface area contributed by atoms with Crippen LogP contribution in [0.1, 0.15) is 28.9 Å². The van der Waals surface area contributed by atoms with E-state index < -0.39 is 12.0 Å². The summed E-state index contributed by atoms with van der Waals surface area (Å²) in [6.07, 6.45) is 0.344. The maximum absolute atomic E-state index is 11.9. The molecule has 0 bridgehead atoms. The molecule has 126 valence electrons. The highest BCUT2D eigenvalue weighted by molar-refractivity contribution is 5.81. The number of nitro groups is 1. The summed E-state index contributed by atoms with van der Waals surface area (Å²) in [6, 6.07) is 9.25. The first kappa shape index (κ1) is 16.2. The van der Waals surface area contributed by atoms with Gasteiger partial charge in [-0.3, -0.25) is 19.6 Å². The van der Waals surface area contributed by atoms with Crippen molar-refractivity contribution >= 4 is 5.91 Å². The minimum absolute atomic E-state index is 0.236. The normalized spacial score (nSPS) is 19.1. The molecule has 1 amide bonds. The van der Waals surface area contributed by atoms with Gasteiger partial charge < -0.3 is 5.32 Å². The molecule has 0 unspecified atom stereocenters. The molecule has 2 atom stereocenters. The molecule has 1 N–H and O–H groups in total. The van der Waals surface area contributed by atoms with E-state index in [4.69, 9.17) is 0 Å². The molecule has 24 heavy (non-hydrogen) atoms. The van der Waals surface area contributed by atoms with E-state index in [2.05, 4.69) is 10.4 Å². The number of rotatable bonds is 6. The van der Waals surface area contributed by atoms with Gasteiger partial charge in [0.1, 0.15) is 5.92 Å². The number of aryl methyl sites for hydroxylation is 2. The monoisotopic (exact) mass is 328 g/mol. The summed E-state index contributed by atoms with van der Waals surface area (Å²) < 4.78 is 1.94. The largest absolute Gasteiger partial charge is 0.352 e. The van der Waals surface area contributed by atoms with Crippen LogP contribution >= 0.6 is 0 Å². The fourth-order valence-electron chi connectivity index (χ4n) is 2.86. The number of hydrogen-bond acceptors (Lipinski definition) is 4. The molecule has 0 aliphatic heterocycles. The van der Waals surface area contributed by atoms with Crippen LogP contribution in [0.5, 0.6) is 0 Å². The Kier molecular flexibility index (Phi) is 4.33. The summed E-state index contributed by atoms with van der Waals surface area (Å²) in [5.74, 6) is -0.710. The summed E-state index contributed by atoms with van der Waals surface area (Å²) in [7, 11) is 0. The number of nitrogens with one attached hydrogen (secondary N) is 1. The Labute approximate surface area is 139 Å². The Morgan fingerprint density at radius 3 is 2.75 bits per heavy atom. The summed E-state index contributed by atoms with van der Waals surface area (Å²) in [5, 5.41) is 17.9. The first-order chi connectivity index (χ1) is 11.4. The van der Waals surface area contributed by atoms with Crippen LogP contribution in [0.3, 0.4) is 0 Å². The lowest BCUT2D eigenvalue weighted by Gasteiger charge is -2.08. The Morgan fingerprint density at radius 2 is 2.12 bits per heavy atom. The number of aromatic nitrogens is 2.